The van der Waals surface area contributed by atoms with Gasteiger partial charge in [-0.25, -0.2) is 4.98 Å². The molecule has 7 heteroatoms. The maximum Gasteiger partial charge on any atom is 0.247 e. The Morgan fingerprint density at radius 1 is 1.20 bits per heavy atom. The summed E-state index contributed by atoms with van der Waals surface area (Å²) in [7, 11) is 0. The maximum absolute atomic E-state index is 12.8. The molecule has 0 spiro atoms. The quantitative estimate of drug-likeness (QED) is 0.678. The molecule has 1 unspecified atom stereocenters. The highest BCUT2D eigenvalue weighted by molar-refractivity contribution is 5.97. The summed E-state index contributed by atoms with van der Waals surface area (Å²) in [6, 6.07) is 12.7. The number of amides is 2. The second-order valence-corrected chi connectivity index (χ2v) is 7.46. The van der Waals surface area contributed by atoms with Crippen LogP contribution in [0, 0.1) is 0 Å². The van der Waals surface area contributed by atoms with Crippen LogP contribution in [-0.2, 0) is 16.2 Å². The number of likely N-dealkylation sites (tertiary alicyclic amines) is 1. The van der Waals surface area contributed by atoms with Gasteiger partial charge in [-0.2, -0.15) is 0 Å². The van der Waals surface area contributed by atoms with Gasteiger partial charge >= 0.3 is 0 Å². The topological polar surface area (TPSA) is 75.9 Å². The summed E-state index contributed by atoms with van der Waals surface area (Å²) >= 11 is 0. The molecule has 0 saturated carbocycles. The van der Waals surface area contributed by atoms with E-state index in [2.05, 4.69) is 10.3 Å². The van der Waals surface area contributed by atoms with Gasteiger partial charge in [-0.3, -0.25) is 9.59 Å². The van der Waals surface area contributed by atoms with Crippen molar-refractivity contribution in [2.24, 2.45) is 0 Å². The minimum atomic E-state index is -0.409. The van der Waals surface area contributed by atoms with E-state index in [4.69, 9.17) is 4.74 Å². The van der Waals surface area contributed by atoms with E-state index in [1.165, 1.54) is 0 Å². The van der Waals surface area contributed by atoms with Crippen molar-refractivity contribution in [3.05, 3.63) is 60.6 Å². The Kier molecular flexibility index (Phi) is 5.97. The number of ether oxygens (including phenoxy) is 1. The van der Waals surface area contributed by atoms with Gasteiger partial charge in [0.25, 0.3) is 0 Å². The Morgan fingerprint density at radius 3 is 2.93 bits per heavy atom. The van der Waals surface area contributed by atoms with Crippen molar-refractivity contribution >= 4 is 23.1 Å². The summed E-state index contributed by atoms with van der Waals surface area (Å²) < 4.78 is 7.82. The molecule has 1 aliphatic rings. The van der Waals surface area contributed by atoms with Gasteiger partial charge in [0.2, 0.25) is 11.8 Å². The van der Waals surface area contributed by atoms with Crippen molar-refractivity contribution in [1.29, 1.82) is 0 Å². The predicted molar refractivity (Wildman–Crippen MR) is 114 cm³/mol. The van der Waals surface area contributed by atoms with Gasteiger partial charge in [-0.15, -0.1) is 0 Å². The van der Waals surface area contributed by atoms with E-state index >= 15 is 0 Å². The lowest BCUT2D eigenvalue weighted by Crippen LogP contribution is -2.49. The molecule has 0 radical (unpaired) electrons. The number of hydrogen-bond donors (Lipinski definition) is 1. The monoisotopic (exact) mass is 406 g/mol. The van der Waals surface area contributed by atoms with Crippen LogP contribution in [0.15, 0.2) is 54.9 Å². The van der Waals surface area contributed by atoms with E-state index in [0.717, 1.165) is 24.2 Å². The van der Waals surface area contributed by atoms with Crippen LogP contribution in [0.4, 0.5) is 5.69 Å². The minimum Gasteiger partial charge on any atom is -0.487 e. The predicted octanol–water partition coefficient (Wildman–Crippen LogP) is 3.64. The molecule has 4 rings (SSSR count). The van der Waals surface area contributed by atoms with Crippen LogP contribution in [0.2, 0.25) is 0 Å². The molecule has 0 aliphatic carbocycles. The average Bonchev–Trinajstić information content (AvgIpc) is 3.20. The highest BCUT2D eigenvalue weighted by Crippen LogP contribution is 2.22. The molecule has 0 bridgehead atoms. The van der Waals surface area contributed by atoms with Crippen LogP contribution >= 0.6 is 0 Å². The first-order valence-electron chi connectivity index (χ1n) is 10.4. The van der Waals surface area contributed by atoms with Crippen LogP contribution in [0.5, 0.6) is 5.75 Å². The Labute approximate surface area is 175 Å². The van der Waals surface area contributed by atoms with Crippen molar-refractivity contribution in [2.45, 2.75) is 45.3 Å². The number of hydrogen-bond acceptors (Lipinski definition) is 4. The van der Waals surface area contributed by atoms with E-state index in [1.54, 1.807) is 11.0 Å². The lowest BCUT2D eigenvalue weighted by atomic mass is 10.0. The Morgan fingerprint density at radius 2 is 2.10 bits per heavy atom. The van der Waals surface area contributed by atoms with Gasteiger partial charge in [0.15, 0.2) is 0 Å². The van der Waals surface area contributed by atoms with Gasteiger partial charge in [0.05, 0.1) is 5.69 Å². The van der Waals surface area contributed by atoms with Gasteiger partial charge in [0.1, 0.15) is 24.0 Å². The van der Waals surface area contributed by atoms with Crippen LogP contribution in [0.25, 0.3) is 5.65 Å². The zero-order valence-electron chi connectivity index (χ0n) is 17.1. The summed E-state index contributed by atoms with van der Waals surface area (Å²) in [4.78, 5) is 31.3. The smallest absolute Gasteiger partial charge is 0.247 e. The number of pyridine rings is 1. The molecule has 2 aromatic heterocycles. The molecule has 1 N–H and O–H groups in total. The van der Waals surface area contributed by atoms with Crippen LogP contribution in [0.1, 0.15) is 38.3 Å². The van der Waals surface area contributed by atoms with Crippen LogP contribution < -0.4 is 10.1 Å². The molecule has 1 atom stereocenters. The van der Waals surface area contributed by atoms with Crippen LogP contribution in [0.3, 0.4) is 0 Å². The van der Waals surface area contributed by atoms with Crippen molar-refractivity contribution in [3.8, 4) is 5.75 Å². The Bertz CT molecular complexity index is 1010. The fourth-order valence-electron chi connectivity index (χ4n) is 3.81. The van der Waals surface area contributed by atoms with E-state index in [-0.39, 0.29) is 11.8 Å². The number of nitrogens with zero attached hydrogens (tertiary/aromatic N) is 3. The molecule has 30 heavy (non-hydrogen) atoms. The molecule has 1 aliphatic heterocycles. The first-order chi connectivity index (χ1) is 14.6. The number of fused-ring (bicyclic) bond motifs is 1. The number of aromatic nitrogens is 2. The molecular formula is C23H26N4O3. The number of piperidine rings is 1. The third-order valence-electron chi connectivity index (χ3n) is 5.33. The second-order valence-electron chi connectivity index (χ2n) is 7.46. The molecule has 3 aromatic rings. The fourth-order valence-corrected chi connectivity index (χ4v) is 3.81. The molecule has 1 saturated heterocycles. The molecule has 1 fully saturated rings. The number of carbonyl (C=O) groups is 2. The van der Waals surface area contributed by atoms with Gasteiger partial charge < -0.3 is 19.4 Å². The first kappa shape index (κ1) is 19.9. The zero-order valence-corrected chi connectivity index (χ0v) is 17.1. The van der Waals surface area contributed by atoms with E-state index in [9.17, 15) is 9.59 Å². The third kappa shape index (κ3) is 4.45. The Hall–Kier alpha value is -3.35. The number of benzene rings is 1. The standard InChI is InChI=1S/C23H26N4O3/c1-2-22(28)27-13-6-3-10-20(27)23(29)25-17-8-7-9-19(14-17)30-16-18-15-26-12-5-4-11-21(26)24-18/h4-5,7-9,11-12,14-15,20H,2-3,6,10,13,16H2,1H3,(H,25,29). The van der Waals surface area contributed by atoms with Gasteiger partial charge in [-0.1, -0.05) is 19.1 Å². The summed E-state index contributed by atoms with van der Waals surface area (Å²) in [5.41, 5.74) is 2.35. The number of nitrogens with one attached hydrogen (secondary N) is 1. The summed E-state index contributed by atoms with van der Waals surface area (Å²) in [5, 5.41) is 2.95. The SMILES string of the molecule is CCC(=O)N1CCCCC1C(=O)Nc1cccc(OCc2cn3ccccc3n2)c1. The van der Waals surface area contributed by atoms with E-state index in [1.807, 2.05) is 60.1 Å². The van der Waals surface area contributed by atoms with E-state index in [0.29, 0.717) is 37.4 Å². The number of imidazole rings is 1. The minimum absolute atomic E-state index is 0.0272. The van der Waals surface area contributed by atoms with Gasteiger partial charge in [0, 0.05) is 37.1 Å². The molecule has 7 nitrogen and oxygen atoms in total. The van der Waals surface area contributed by atoms with E-state index < -0.39 is 6.04 Å². The highest BCUT2D eigenvalue weighted by atomic mass is 16.5. The second kappa shape index (κ2) is 8.98. The van der Waals surface area contributed by atoms with Crippen molar-refractivity contribution in [2.75, 3.05) is 11.9 Å². The molecular weight excluding hydrogens is 380 g/mol. The number of carbonyl (C=O) groups excluding carboxylic acids is 2. The normalized spacial score (nSPS) is 16.4. The highest BCUT2D eigenvalue weighted by Gasteiger charge is 2.31. The molecule has 156 valence electrons. The maximum atomic E-state index is 12.8. The average molecular weight is 406 g/mol. The molecule has 2 amide bonds. The van der Waals surface area contributed by atoms with Crippen molar-refractivity contribution in [3.63, 3.8) is 0 Å². The van der Waals surface area contributed by atoms with Crippen molar-refractivity contribution < 1.29 is 14.3 Å². The number of anilines is 1. The summed E-state index contributed by atoms with van der Waals surface area (Å²) in [6.45, 7) is 2.81. The summed E-state index contributed by atoms with van der Waals surface area (Å²) in [6.07, 6.45) is 6.89. The molecule has 3 heterocycles. The summed E-state index contributed by atoms with van der Waals surface area (Å²) in [5.74, 6) is 0.531. The third-order valence-corrected chi connectivity index (χ3v) is 5.33. The van der Waals surface area contributed by atoms with Gasteiger partial charge in [-0.05, 0) is 43.5 Å². The first-order valence-corrected chi connectivity index (χ1v) is 10.4. The molecule has 1 aromatic carbocycles. The van der Waals surface area contributed by atoms with Crippen LogP contribution in [-0.4, -0.2) is 38.7 Å². The number of rotatable bonds is 6. The largest absolute Gasteiger partial charge is 0.487 e. The Balaban J connectivity index is 1.40. The fraction of sp³-hybridized carbons (Fsp3) is 0.348. The lowest BCUT2D eigenvalue weighted by Gasteiger charge is -2.34. The van der Waals surface area contributed by atoms with Crippen molar-refractivity contribution in [1.82, 2.24) is 14.3 Å². The zero-order chi connectivity index (χ0) is 20.9. The lowest BCUT2D eigenvalue weighted by molar-refractivity contribution is -0.140.